The minimum absolute atomic E-state index is 0.289. The largest absolute Gasteiger partial charge is 0.338 e. The molecule has 0 aliphatic rings. The van der Waals surface area contributed by atoms with Crippen molar-refractivity contribution in [2.75, 3.05) is 11.9 Å². The second-order valence-corrected chi connectivity index (χ2v) is 4.01. The van der Waals surface area contributed by atoms with E-state index < -0.39 is 0 Å². The Morgan fingerprint density at radius 1 is 1.53 bits per heavy atom. The molecule has 0 aliphatic heterocycles. The molecule has 4 nitrogen and oxygen atoms in total. The molecule has 0 spiro atoms. The smallest absolute Gasteiger partial charge is 0.319 e. The minimum Gasteiger partial charge on any atom is -0.338 e. The summed E-state index contributed by atoms with van der Waals surface area (Å²) in [4.78, 5) is 11.4. The van der Waals surface area contributed by atoms with Crippen molar-refractivity contribution in [3.8, 4) is 6.07 Å². The van der Waals surface area contributed by atoms with E-state index in [0.29, 0.717) is 30.1 Å². The molecule has 0 atom stereocenters. The standard InChI is InChI=1S/C12H14ClN3O/c1-9-4-5-10(8-11(9)13)16-12(17)15-7-3-2-6-14/h4-5,8H,2-3,7H2,1H3,(H2,15,16,17). The molecule has 90 valence electrons. The second kappa shape index (κ2) is 6.77. The zero-order valence-corrected chi connectivity index (χ0v) is 10.3. The zero-order valence-electron chi connectivity index (χ0n) is 9.59. The molecular formula is C12H14ClN3O. The molecule has 1 rings (SSSR count). The number of urea groups is 1. The summed E-state index contributed by atoms with van der Waals surface area (Å²) in [7, 11) is 0. The number of aryl methyl sites for hydroxylation is 1. The Labute approximate surface area is 106 Å². The summed E-state index contributed by atoms with van der Waals surface area (Å²) < 4.78 is 0. The van der Waals surface area contributed by atoms with E-state index in [9.17, 15) is 4.79 Å². The number of carbonyl (C=O) groups excluding carboxylic acids is 1. The predicted octanol–water partition coefficient (Wildman–Crippen LogP) is 3.07. The van der Waals surface area contributed by atoms with Gasteiger partial charge >= 0.3 is 6.03 Å². The van der Waals surface area contributed by atoms with Gasteiger partial charge in [-0.05, 0) is 31.0 Å². The van der Waals surface area contributed by atoms with E-state index in [2.05, 4.69) is 10.6 Å². The third-order valence-electron chi connectivity index (χ3n) is 2.18. The van der Waals surface area contributed by atoms with Crippen LogP contribution in [0.3, 0.4) is 0 Å². The number of nitriles is 1. The Balaban J connectivity index is 2.40. The van der Waals surface area contributed by atoms with E-state index in [0.717, 1.165) is 5.56 Å². The lowest BCUT2D eigenvalue weighted by Gasteiger charge is -2.07. The molecule has 0 saturated heterocycles. The maximum absolute atomic E-state index is 11.4. The number of amides is 2. The van der Waals surface area contributed by atoms with Gasteiger partial charge in [0.25, 0.3) is 0 Å². The van der Waals surface area contributed by atoms with Crippen LogP contribution in [0, 0.1) is 18.3 Å². The van der Waals surface area contributed by atoms with Crippen molar-refractivity contribution >= 4 is 23.3 Å². The van der Waals surface area contributed by atoms with Crippen LogP contribution in [0.4, 0.5) is 10.5 Å². The molecule has 1 aromatic rings. The quantitative estimate of drug-likeness (QED) is 0.808. The third-order valence-corrected chi connectivity index (χ3v) is 2.59. The van der Waals surface area contributed by atoms with Crippen molar-refractivity contribution in [3.05, 3.63) is 28.8 Å². The first-order valence-corrected chi connectivity index (χ1v) is 5.69. The fraction of sp³-hybridized carbons (Fsp3) is 0.333. The number of rotatable bonds is 4. The highest BCUT2D eigenvalue weighted by Crippen LogP contribution is 2.19. The maximum Gasteiger partial charge on any atom is 0.319 e. The number of hydrogen-bond acceptors (Lipinski definition) is 2. The van der Waals surface area contributed by atoms with Crippen molar-refractivity contribution in [1.82, 2.24) is 5.32 Å². The molecule has 0 fully saturated rings. The van der Waals surface area contributed by atoms with Crippen LogP contribution < -0.4 is 10.6 Å². The predicted molar refractivity (Wildman–Crippen MR) is 68.1 cm³/mol. The van der Waals surface area contributed by atoms with Crippen molar-refractivity contribution < 1.29 is 4.79 Å². The van der Waals surface area contributed by atoms with Crippen LogP contribution >= 0.6 is 11.6 Å². The summed E-state index contributed by atoms with van der Waals surface area (Å²) >= 11 is 5.94. The van der Waals surface area contributed by atoms with Crippen molar-refractivity contribution in [1.29, 1.82) is 5.26 Å². The number of benzene rings is 1. The Morgan fingerprint density at radius 2 is 2.29 bits per heavy atom. The summed E-state index contributed by atoms with van der Waals surface area (Å²) in [5.41, 5.74) is 1.62. The van der Waals surface area contributed by atoms with Crippen LogP contribution in [0.1, 0.15) is 18.4 Å². The lowest BCUT2D eigenvalue weighted by Crippen LogP contribution is -2.29. The first-order valence-electron chi connectivity index (χ1n) is 5.31. The number of hydrogen-bond donors (Lipinski definition) is 2. The third kappa shape index (κ3) is 4.75. The van der Waals surface area contributed by atoms with Crippen LogP contribution in [0.25, 0.3) is 0 Å². The Kier molecular flexibility index (Phi) is 5.31. The molecule has 0 bridgehead atoms. The highest BCUT2D eigenvalue weighted by atomic mass is 35.5. The SMILES string of the molecule is Cc1ccc(NC(=O)NCCCC#N)cc1Cl. The van der Waals surface area contributed by atoms with E-state index >= 15 is 0 Å². The lowest BCUT2D eigenvalue weighted by molar-refractivity contribution is 0.252. The molecule has 2 amide bonds. The number of halogens is 1. The summed E-state index contributed by atoms with van der Waals surface area (Å²) in [6.45, 7) is 2.38. The van der Waals surface area contributed by atoms with Crippen molar-refractivity contribution in [2.45, 2.75) is 19.8 Å². The maximum atomic E-state index is 11.4. The van der Waals surface area contributed by atoms with E-state index in [1.165, 1.54) is 0 Å². The van der Waals surface area contributed by atoms with Gasteiger partial charge in [-0.1, -0.05) is 17.7 Å². The van der Waals surface area contributed by atoms with Crippen LogP contribution in [0.15, 0.2) is 18.2 Å². The average Bonchev–Trinajstić information content (AvgIpc) is 2.30. The fourth-order valence-electron chi connectivity index (χ4n) is 1.22. The number of anilines is 1. The van der Waals surface area contributed by atoms with Crippen LogP contribution in [0.2, 0.25) is 5.02 Å². The van der Waals surface area contributed by atoms with E-state index in [-0.39, 0.29) is 6.03 Å². The molecule has 2 N–H and O–H groups in total. The van der Waals surface area contributed by atoms with Gasteiger partial charge in [0.2, 0.25) is 0 Å². The van der Waals surface area contributed by atoms with Crippen LogP contribution in [-0.4, -0.2) is 12.6 Å². The van der Waals surface area contributed by atoms with Gasteiger partial charge in [0.1, 0.15) is 0 Å². The molecule has 0 saturated carbocycles. The highest BCUT2D eigenvalue weighted by Gasteiger charge is 2.02. The number of carbonyl (C=O) groups is 1. The van der Waals surface area contributed by atoms with Crippen molar-refractivity contribution in [2.24, 2.45) is 0 Å². The minimum atomic E-state index is -0.289. The Hall–Kier alpha value is -1.73. The number of unbranched alkanes of at least 4 members (excludes halogenated alkanes) is 1. The molecule has 5 heteroatoms. The fourth-order valence-corrected chi connectivity index (χ4v) is 1.40. The van der Waals surface area contributed by atoms with Crippen molar-refractivity contribution in [3.63, 3.8) is 0 Å². The molecule has 0 radical (unpaired) electrons. The molecule has 0 aromatic heterocycles. The number of nitrogens with zero attached hydrogens (tertiary/aromatic N) is 1. The normalized spacial score (nSPS) is 9.47. The topological polar surface area (TPSA) is 64.9 Å². The van der Waals surface area contributed by atoms with Gasteiger partial charge in [-0.2, -0.15) is 5.26 Å². The van der Waals surface area contributed by atoms with Gasteiger partial charge in [0, 0.05) is 23.7 Å². The first kappa shape index (κ1) is 13.3. The Morgan fingerprint density at radius 3 is 2.94 bits per heavy atom. The lowest BCUT2D eigenvalue weighted by atomic mass is 10.2. The van der Waals surface area contributed by atoms with Crippen LogP contribution in [0.5, 0.6) is 0 Å². The summed E-state index contributed by atoms with van der Waals surface area (Å²) in [5, 5.41) is 14.3. The van der Waals surface area contributed by atoms with E-state index in [4.69, 9.17) is 16.9 Å². The molecule has 17 heavy (non-hydrogen) atoms. The zero-order chi connectivity index (χ0) is 12.7. The van der Waals surface area contributed by atoms with Crippen LogP contribution in [-0.2, 0) is 0 Å². The van der Waals surface area contributed by atoms with Gasteiger partial charge in [-0.25, -0.2) is 4.79 Å². The summed E-state index contributed by atoms with van der Waals surface area (Å²) in [6, 6.07) is 7.06. The molecule has 0 unspecified atom stereocenters. The molecule has 0 heterocycles. The van der Waals surface area contributed by atoms with Gasteiger partial charge in [-0.15, -0.1) is 0 Å². The van der Waals surface area contributed by atoms with Gasteiger partial charge in [0.05, 0.1) is 6.07 Å². The molecule has 0 aliphatic carbocycles. The average molecular weight is 252 g/mol. The van der Waals surface area contributed by atoms with Gasteiger partial charge < -0.3 is 10.6 Å². The summed E-state index contributed by atoms with van der Waals surface area (Å²) in [6.07, 6.45) is 1.09. The van der Waals surface area contributed by atoms with Gasteiger partial charge in [-0.3, -0.25) is 0 Å². The molecular weight excluding hydrogens is 238 g/mol. The monoisotopic (exact) mass is 251 g/mol. The van der Waals surface area contributed by atoms with E-state index in [1.807, 2.05) is 19.1 Å². The Bertz CT molecular complexity index is 440. The van der Waals surface area contributed by atoms with E-state index in [1.54, 1.807) is 12.1 Å². The highest BCUT2D eigenvalue weighted by molar-refractivity contribution is 6.31. The van der Waals surface area contributed by atoms with Gasteiger partial charge in [0.15, 0.2) is 0 Å². The summed E-state index contributed by atoms with van der Waals surface area (Å²) in [5.74, 6) is 0. The number of nitrogens with one attached hydrogen (secondary N) is 2. The molecule has 1 aromatic carbocycles. The first-order chi connectivity index (χ1) is 8.13. The second-order valence-electron chi connectivity index (χ2n) is 3.61.